The fourth-order valence-corrected chi connectivity index (χ4v) is 5.68. The molecule has 0 unspecified atom stereocenters. The first-order valence-electron chi connectivity index (χ1n) is 16.4. The van der Waals surface area contributed by atoms with E-state index in [0.717, 1.165) is 31.3 Å². The Labute approximate surface area is 272 Å². The summed E-state index contributed by atoms with van der Waals surface area (Å²) in [5.41, 5.74) is 1.53. The Morgan fingerprint density at radius 2 is 1.27 bits per heavy atom. The lowest BCUT2D eigenvalue weighted by Crippen LogP contribution is -2.43. The zero-order chi connectivity index (χ0) is 34.2. The van der Waals surface area contributed by atoms with Crippen molar-refractivity contribution in [2.75, 3.05) is 0 Å². The summed E-state index contributed by atoms with van der Waals surface area (Å²) in [5, 5.41) is 9.41. The lowest BCUT2D eigenvalue weighted by atomic mass is 10.1. The maximum absolute atomic E-state index is 12.2. The minimum atomic E-state index is -1.86. The Hall–Kier alpha value is -2.62. The molecule has 0 aromatic heterocycles. The van der Waals surface area contributed by atoms with Crippen LogP contribution in [0, 0.1) is 0 Å². The van der Waals surface area contributed by atoms with E-state index < -0.39 is 14.4 Å². The van der Waals surface area contributed by atoms with Gasteiger partial charge in [-0.2, -0.15) is 0 Å². The van der Waals surface area contributed by atoms with Gasteiger partial charge in [-0.05, 0) is 108 Å². The largest absolute Gasteiger partial charge is 0.463 e. The third-order valence-electron chi connectivity index (χ3n) is 7.78. The summed E-state index contributed by atoms with van der Waals surface area (Å²) in [7, 11) is -1.86. The second-order valence-corrected chi connectivity index (χ2v) is 18.6. The van der Waals surface area contributed by atoms with Crippen molar-refractivity contribution in [3.05, 3.63) is 47.6 Å². The van der Waals surface area contributed by atoms with Crippen LogP contribution >= 0.6 is 0 Å². The Morgan fingerprint density at radius 1 is 0.822 bits per heavy atom. The molecule has 1 N–H and O–H groups in total. The average Bonchev–Trinajstić information content (AvgIpc) is 3.40. The van der Waals surface area contributed by atoms with Gasteiger partial charge in [0.2, 0.25) is 0 Å². The highest BCUT2D eigenvalue weighted by Gasteiger charge is 2.40. The Bertz CT molecular complexity index is 1100. The van der Waals surface area contributed by atoms with Gasteiger partial charge < -0.3 is 19.0 Å². The molecule has 2 aliphatic carbocycles. The second-order valence-electron chi connectivity index (χ2n) is 13.8. The zero-order valence-corrected chi connectivity index (χ0v) is 30.1. The van der Waals surface area contributed by atoms with Gasteiger partial charge in [-0.15, -0.1) is 0 Å². The number of unbranched alkanes of at least 4 members (excludes halogenated alkanes) is 2. The number of aliphatic hydroxyl groups is 1. The molecule has 0 heterocycles. The van der Waals surface area contributed by atoms with Crippen LogP contribution in [0.5, 0.6) is 0 Å². The van der Waals surface area contributed by atoms with Crippen LogP contribution in [0.1, 0.15) is 113 Å². The molecule has 0 fully saturated rings. The number of esters is 2. The predicted octanol–water partition coefficient (Wildman–Crippen LogP) is 7.66. The SMILES string of the molecule is CC(C)OC(=O)CCC/C=C\CC1=C[C@H](O)CC1=O.CC(C)OC(=O)CCC/C=C\CC1=C[C@H](O[Si](C)(C)C(C)(C)C)CC1=O. The standard InChI is InChI=1S/C21H36O4Si.C15H22O4/c1-16(2)24-20(23)13-11-9-8-10-12-17-14-18(15-19(17)22)25-26(6,7)21(3,4)5;1-11(2)19-15(18)8-6-4-3-5-7-12-9-13(16)10-14(12)17/h8,10,14,16,18H,9,11-13,15H2,1-7H3;3,5,9,11,13,16H,4,6-8,10H2,1-2H3/b10-8-;5-3-/t18-;13-/m00/s1. The molecule has 0 saturated heterocycles. The number of aliphatic hydroxyl groups excluding tert-OH is 1. The smallest absolute Gasteiger partial charge is 0.306 e. The number of carbonyl (C=O) groups excluding carboxylic acids is 4. The average molecular weight is 647 g/mol. The molecule has 2 atom stereocenters. The third kappa shape index (κ3) is 17.0. The van der Waals surface area contributed by atoms with Crippen LogP contribution < -0.4 is 0 Å². The van der Waals surface area contributed by atoms with Crippen molar-refractivity contribution >= 4 is 31.8 Å². The number of hydrogen-bond donors (Lipinski definition) is 1. The van der Waals surface area contributed by atoms with E-state index in [1.807, 2.05) is 58.1 Å². The topological polar surface area (TPSA) is 116 Å². The van der Waals surface area contributed by atoms with Crippen molar-refractivity contribution in [2.24, 2.45) is 0 Å². The van der Waals surface area contributed by atoms with Crippen LogP contribution in [0.4, 0.5) is 0 Å². The van der Waals surface area contributed by atoms with Crippen molar-refractivity contribution in [2.45, 2.75) is 155 Å². The van der Waals surface area contributed by atoms with Crippen molar-refractivity contribution in [3.63, 3.8) is 0 Å². The monoisotopic (exact) mass is 646 g/mol. The molecule has 0 aliphatic heterocycles. The van der Waals surface area contributed by atoms with Gasteiger partial charge >= 0.3 is 11.9 Å². The molecule has 0 aromatic carbocycles. The number of carbonyl (C=O) groups is 4. The maximum Gasteiger partial charge on any atom is 0.306 e. The molecule has 0 aromatic rings. The summed E-state index contributed by atoms with van der Waals surface area (Å²) in [6.07, 6.45) is 16.6. The van der Waals surface area contributed by atoms with E-state index >= 15 is 0 Å². The summed E-state index contributed by atoms with van der Waals surface area (Å²) in [4.78, 5) is 46.3. The Balaban J connectivity index is 0.000000472. The van der Waals surface area contributed by atoms with Crippen molar-refractivity contribution in [1.29, 1.82) is 0 Å². The molecular formula is C36H58O8Si. The van der Waals surface area contributed by atoms with E-state index in [1.54, 1.807) is 6.08 Å². The van der Waals surface area contributed by atoms with Gasteiger partial charge in [-0.1, -0.05) is 45.1 Å². The minimum absolute atomic E-state index is 0.0256. The number of allylic oxidation sites excluding steroid dienone is 6. The molecule has 0 saturated carbocycles. The first-order chi connectivity index (χ1) is 20.9. The van der Waals surface area contributed by atoms with Crippen LogP contribution in [0.2, 0.25) is 18.1 Å². The minimum Gasteiger partial charge on any atom is -0.463 e. The van der Waals surface area contributed by atoms with E-state index in [4.69, 9.17) is 13.9 Å². The maximum atomic E-state index is 12.2. The van der Waals surface area contributed by atoms with Gasteiger partial charge in [-0.3, -0.25) is 19.2 Å². The molecule has 0 spiro atoms. The van der Waals surface area contributed by atoms with E-state index in [2.05, 4.69) is 33.9 Å². The van der Waals surface area contributed by atoms with E-state index in [1.165, 1.54) is 0 Å². The number of Topliss-reactive ketones (excluding diaryl/α,β-unsaturated/α-hetero) is 2. The molecule has 254 valence electrons. The molecule has 0 radical (unpaired) electrons. The van der Waals surface area contributed by atoms with Crippen LogP contribution in [0.15, 0.2) is 47.6 Å². The normalized spacial score (nSPS) is 18.9. The molecule has 0 bridgehead atoms. The highest BCUT2D eigenvalue weighted by Crippen LogP contribution is 2.39. The van der Waals surface area contributed by atoms with Crippen LogP contribution in [-0.4, -0.2) is 61.3 Å². The fourth-order valence-electron chi connectivity index (χ4n) is 4.42. The third-order valence-corrected chi connectivity index (χ3v) is 12.3. The van der Waals surface area contributed by atoms with Gasteiger partial charge in [-0.25, -0.2) is 0 Å². The van der Waals surface area contributed by atoms with Crippen LogP contribution in [0.25, 0.3) is 0 Å². The van der Waals surface area contributed by atoms with Gasteiger partial charge in [0, 0.05) is 25.7 Å². The fraction of sp³-hybridized carbons (Fsp3) is 0.667. The highest BCUT2D eigenvalue weighted by molar-refractivity contribution is 6.74. The van der Waals surface area contributed by atoms with Gasteiger partial charge in [0.1, 0.15) is 0 Å². The molecule has 2 aliphatic rings. The highest BCUT2D eigenvalue weighted by atomic mass is 28.4. The van der Waals surface area contributed by atoms with Crippen molar-refractivity contribution < 1.29 is 38.2 Å². The van der Waals surface area contributed by atoms with E-state index in [9.17, 15) is 24.3 Å². The van der Waals surface area contributed by atoms with Crippen LogP contribution in [0.3, 0.4) is 0 Å². The predicted molar refractivity (Wildman–Crippen MR) is 181 cm³/mol. The van der Waals surface area contributed by atoms with E-state index in [-0.39, 0.29) is 53.3 Å². The number of ether oxygens (including phenoxy) is 2. The van der Waals surface area contributed by atoms with Gasteiger partial charge in [0.25, 0.3) is 0 Å². The zero-order valence-electron chi connectivity index (χ0n) is 29.1. The van der Waals surface area contributed by atoms with Gasteiger partial charge in [0.15, 0.2) is 19.9 Å². The van der Waals surface area contributed by atoms with E-state index in [0.29, 0.717) is 37.7 Å². The number of rotatable bonds is 16. The Kier molecular flexibility index (Phi) is 17.8. The van der Waals surface area contributed by atoms with Gasteiger partial charge in [0.05, 0.1) is 24.4 Å². The summed E-state index contributed by atoms with van der Waals surface area (Å²) in [6.45, 7) is 18.4. The van der Waals surface area contributed by atoms with Crippen molar-refractivity contribution in [1.82, 2.24) is 0 Å². The molecule has 45 heavy (non-hydrogen) atoms. The quantitative estimate of drug-likeness (QED) is 0.0787. The molecule has 8 nitrogen and oxygen atoms in total. The summed E-state index contributed by atoms with van der Waals surface area (Å²) in [5.74, 6) is -0.0931. The second kappa shape index (κ2) is 19.8. The summed E-state index contributed by atoms with van der Waals surface area (Å²) >= 11 is 0. The lowest BCUT2D eigenvalue weighted by molar-refractivity contribution is -0.148. The van der Waals surface area contributed by atoms with Crippen molar-refractivity contribution in [3.8, 4) is 0 Å². The summed E-state index contributed by atoms with van der Waals surface area (Å²) in [6, 6.07) is 0. The number of ketones is 2. The molecule has 0 amide bonds. The summed E-state index contributed by atoms with van der Waals surface area (Å²) < 4.78 is 16.5. The van der Waals surface area contributed by atoms with Crippen LogP contribution in [-0.2, 0) is 33.1 Å². The number of hydrogen-bond acceptors (Lipinski definition) is 8. The molecular weight excluding hydrogens is 588 g/mol. The lowest BCUT2D eigenvalue weighted by Gasteiger charge is -2.37. The molecule has 2 rings (SSSR count). The molecule has 9 heteroatoms. The first-order valence-corrected chi connectivity index (χ1v) is 19.3. The Morgan fingerprint density at radius 3 is 1.67 bits per heavy atom. The first kappa shape index (κ1) is 40.4.